The molecule has 0 fully saturated rings. The van der Waals surface area contributed by atoms with E-state index in [9.17, 15) is 0 Å². The largest absolute Gasteiger partial charge is 0.495 e. The molecule has 3 rings (SSSR count). The molecule has 0 radical (unpaired) electrons. The minimum absolute atomic E-state index is 0.458. The van der Waals surface area contributed by atoms with Crippen molar-refractivity contribution in [3.63, 3.8) is 0 Å². The van der Waals surface area contributed by atoms with E-state index in [4.69, 9.17) is 20.8 Å². The fraction of sp³-hybridized carbons (Fsp3) is 0.176. The second kappa shape index (κ2) is 7.23. The predicted octanol–water partition coefficient (Wildman–Crippen LogP) is 4.40. The van der Waals surface area contributed by atoms with Gasteiger partial charge in [-0.15, -0.1) is 0 Å². The fourth-order valence-electron chi connectivity index (χ4n) is 2.16. The lowest BCUT2D eigenvalue weighted by molar-refractivity contribution is 0.416. The number of hydrogen-bond acceptors (Lipinski definition) is 6. The second-order valence-corrected chi connectivity index (χ2v) is 5.53. The molecular formula is C17H17ClN4O2. The molecule has 0 saturated heterocycles. The van der Waals surface area contributed by atoms with Crippen LogP contribution in [-0.4, -0.2) is 17.1 Å². The van der Waals surface area contributed by atoms with Gasteiger partial charge in [0.2, 0.25) is 5.95 Å². The zero-order chi connectivity index (χ0) is 16.9. The number of nitrogens with zero attached hydrogens (tertiary/aromatic N) is 2. The van der Waals surface area contributed by atoms with E-state index in [1.807, 2.05) is 25.1 Å². The molecule has 0 bridgehead atoms. The number of furan rings is 1. The minimum atomic E-state index is 0.458. The van der Waals surface area contributed by atoms with Crippen molar-refractivity contribution in [3.8, 4) is 5.75 Å². The third-order valence-electron chi connectivity index (χ3n) is 3.41. The lowest BCUT2D eigenvalue weighted by Crippen LogP contribution is -2.04. The molecule has 7 heteroatoms. The van der Waals surface area contributed by atoms with Gasteiger partial charge in [0.1, 0.15) is 17.3 Å². The van der Waals surface area contributed by atoms with Crippen LogP contribution in [0.15, 0.2) is 47.2 Å². The molecule has 3 aromatic rings. The number of aromatic nitrogens is 2. The molecule has 0 aliphatic rings. The van der Waals surface area contributed by atoms with Gasteiger partial charge < -0.3 is 19.8 Å². The summed E-state index contributed by atoms with van der Waals surface area (Å²) in [6.45, 7) is 2.47. The summed E-state index contributed by atoms with van der Waals surface area (Å²) in [6.07, 6.45) is 3.31. The Kier molecular flexibility index (Phi) is 4.86. The van der Waals surface area contributed by atoms with Crippen molar-refractivity contribution in [1.29, 1.82) is 0 Å². The molecule has 0 atom stereocenters. The minimum Gasteiger partial charge on any atom is -0.495 e. The van der Waals surface area contributed by atoms with Gasteiger partial charge in [0.15, 0.2) is 0 Å². The lowest BCUT2D eigenvalue weighted by atomic mass is 10.2. The van der Waals surface area contributed by atoms with Crippen molar-refractivity contribution in [2.75, 3.05) is 17.7 Å². The van der Waals surface area contributed by atoms with E-state index in [0.29, 0.717) is 29.1 Å². The number of hydrogen-bond donors (Lipinski definition) is 2. The number of rotatable bonds is 6. The highest BCUT2D eigenvalue weighted by atomic mass is 35.5. The SMILES string of the molecule is COc1cc(Cl)c(C)cc1Nc1nccc(NCc2ccco2)n1. The Morgan fingerprint density at radius 2 is 2.17 bits per heavy atom. The maximum Gasteiger partial charge on any atom is 0.229 e. The number of ether oxygens (including phenoxy) is 1. The van der Waals surface area contributed by atoms with Gasteiger partial charge in [-0.25, -0.2) is 4.98 Å². The standard InChI is InChI=1S/C17H17ClN4O2/c1-11-8-14(15(23-2)9-13(11)18)21-17-19-6-5-16(22-17)20-10-12-4-3-7-24-12/h3-9H,10H2,1-2H3,(H2,19,20,21,22). The monoisotopic (exact) mass is 344 g/mol. The highest BCUT2D eigenvalue weighted by Crippen LogP contribution is 2.32. The molecule has 0 saturated carbocycles. The zero-order valence-corrected chi connectivity index (χ0v) is 14.1. The quantitative estimate of drug-likeness (QED) is 0.690. The van der Waals surface area contributed by atoms with E-state index >= 15 is 0 Å². The Bertz CT molecular complexity index is 821. The molecule has 0 unspecified atom stereocenters. The van der Waals surface area contributed by atoms with Crippen LogP contribution in [0.25, 0.3) is 0 Å². The molecule has 0 spiro atoms. The number of aryl methyl sites for hydroxylation is 1. The first-order valence-electron chi connectivity index (χ1n) is 7.36. The maximum atomic E-state index is 6.12. The third kappa shape index (κ3) is 3.78. The van der Waals surface area contributed by atoms with Crippen molar-refractivity contribution in [3.05, 3.63) is 59.1 Å². The van der Waals surface area contributed by atoms with Gasteiger partial charge in [0.05, 0.1) is 25.6 Å². The average Bonchev–Trinajstić information content (AvgIpc) is 3.10. The van der Waals surface area contributed by atoms with Gasteiger partial charge in [-0.05, 0) is 36.8 Å². The van der Waals surface area contributed by atoms with Gasteiger partial charge in [-0.1, -0.05) is 11.6 Å². The average molecular weight is 345 g/mol. The topological polar surface area (TPSA) is 72.2 Å². The summed E-state index contributed by atoms with van der Waals surface area (Å²) in [6, 6.07) is 9.19. The first-order valence-corrected chi connectivity index (χ1v) is 7.74. The summed E-state index contributed by atoms with van der Waals surface area (Å²) >= 11 is 6.12. The number of nitrogens with one attached hydrogen (secondary N) is 2. The Morgan fingerprint density at radius 1 is 1.29 bits per heavy atom. The molecule has 1 aromatic carbocycles. The molecule has 6 nitrogen and oxygen atoms in total. The summed E-state index contributed by atoms with van der Waals surface area (Å²) < 4.78 is 10.6. The maximum absolute atomic E-state index is 6.12. The zero-order valence-electron chi connectivity index (χ0n) is 13.3. The first-order chi connectivity index (χ1) is 11.7. The van der Waals surface area contributed by atoms with E-state index in [-0.39, 0.29) is 0 Å². The van der Waals surface area contributed by atoms with Crippen LogP contribution in [0.3, 0.4) is 0 Å². The van der Waals surface area contributed by atoms with Crippen LogP contribution in [0.4, 0.5) is 17.5 Å². The van der Waals surface area contributed by atoms with E-state index < -0.39 is 0 Å². The molecule has 24 heavy (non-hydrogen) atoms. The summed E-state index contributed by atoms with van der Waals surface area (Å²) in [5.41, 5.74) is 1.69. The normalized spacial score (nSPS) is 10.5. The molecule has 2 heterocycles. The molecular weight excluding hydrogens is 328 g/mol. The van der Waals surface area contributed by atoms with Gasteiger partial charge in [-0.3, -0.25) is 0 Å². The van der Waals surface area contributed by atoms with E-state index in [2.05, 4.69) is 20.6 Å². The smallest absolute Gasteiger partial charge is 0.229 e. The Hall–Kier alpha value is -2.73. The van der Waals surface area contributed by atoms with E-state index in [0.717, 1.165) is 17.0 Å². The number of methoxy groups -OCH3 is 1. The fourth-order valence-corrected chi connectivity index (χ4v) is 2.31. The summed E-state index contributed by atoms with van der Waals surface area (Å²) in [5.74, 6) is 2.61. The number of benzene rings is 1. The van der Waals surface area contributed by atoms with Gasteiger partial charge in [0.25, 0.3) is 0 Å². The number of anilines is 3. The van der Waals surface area contributed by atoms with Crippen molar-refractivity contribution in [2.24, 2.45) is 0 Å². The Labute approximate surface area is 144 Å². The number of halogens is 1. The van der Waals surface area contributed by atoms with Gasteiger partial charge in [-0.2, -0.15) is 4.98 Å². The Morgan fingerprint density at radius 3 is 2.92 bits per heavy atom. The van der Waals surface area contributed by atoms with Crippen LogP contribution < -0.4 is 15.4 Å². The van der Waals surface area contributed by atoms with Crippen LogP contribution in [-0.2, 0) is 6.54 Å². The molecule has 124 valence electrons. The summed E-state index contributed by atoms with van der Waals surface area (Å²) in [5, 5.41) is 6.99. The molecule has 2 aromatic heterocycles. The van der Waals surface area contributed by atoms with E-state index in [1.165, 1.54) is 0 Å². The van der Waals surface area contributed by atoms with Gasteiger partial charge >= 0.3 is 0 Å². The van der Waals surface area contributed by atoms with E-state index in [1.54, 1.807) is 31.7 Å². The first kappa shape index (κ1) is 16.1. The molecule has 0 aliphatic carbocycles. The van der Waals surface area contributed by atoms with Crippen molar-refractivity contribution in [1.82, 2.24) is 9.97 Å². The summed E-state index contributed by atoms with van der Waals surface area (Å²) in [7, 11) is 1.59. The van der Waals surface area contributed by atoms with Crippen LogP contribution in [0.5, 0.6) is 5.75 Å². The second-order valence-electron chi connectivity index (χ2n) is 5.13. The molecule has 0 amide bonds. The summed E-state index contributed by atoms with van der Waals surface area (Å²) in [4.78, 5) is 8.66. The predicted molar refractivity (Wildman–Crippen MR) is 94.1 cm³/mol. The van der Waals surface area contributed by atoms with Crippen LogP contribution in [0.1, 0.15) is 11.3 Å². The molecule has 0 aliphatic heterocycles. The third-order valence-corrected chi connectivity index (χ3v) is 3.81. The highest BCUT2D eigenvalue weighted by Gasteiger charge is 2.09. The Balaban J connectivity index is 1.76. The van der Waals surface area contributed by atoms with Crippen molar-refractivity contribution >= 4 is 29.1 Å². The van der Waals surface area contributed by atoms with Crippen LogP contribution in [0, 0.1) is 6.92 Å². The highest BCUT2D eigenvalue weighted by molar-refractivity contribution is 6.31. The van der Waals surface area contributed by atoms with Crippen molar-refractivity contribution in [2.45, 2.75) is 13.5 Å². The van der Waals surface area contributed by atoms with Crippen molar-refractivity contribution < 1.29 is 9.15 Å². The molecule has 2 N–H and O–H groups in total. The van der Waals surface area contributed by atoms with Gasteiger partial charge in [0, 0.05) is 17.3 Å². The lowest BCUT2D eigenvalue weighted by Gasteiger charge is -2.12. The van der Waals surface area contributed by atoms with Crippen LogP contribution in [0.2, 0.25) is 5.02 Å². The van der Waals surface area contributed by atoms with Crippen LogP contribution >= 0.6 is 11.6 Å².